The van der Waals surface area contributed by atoms with Gasteiger partial charge in [0.15, 0.2) is 5.69 Å². The van der Waals surface area contributed by atoms with Crippen LogP contribution in [0.1, 0.15) is 74.6 Å². The summed E-state index contributed by atoms with van der Waals surface area (Å²) in [5.41, 5.74) is -0.315. The van der Waals surface area contributed by atoms with Gasteiger partial charge in [-0.3, -0.25) is 9.59 Å². The third-order valence-electron chi connectivity index (χ3n) is 7.19. The third-order valence-corrected chi connectivity index (χ3v) is 7.19. The summed E-state index contributed by atoms with van der Waals surface area (Å²) in [6, 6.07) is -0.0699. The molecule has 7 nitrogen and oxygen atoms in total. The lowest BCUT2D eigenvalue weighted by Gasteiger charge is -2.41. The number of morpholine rings is 1. The smallest absolute Gasteiger partial charge is 0.315 e. The lowest BCUT2D eigenvalue weighted by molar-refractivity contribution is -0.0146. The lowest BCUT2D eigenvalue weighted by Crippen LogP contribution is -2.55. The summed E-state index contributed by atoms with van der Waals surface area (Å²) >= 11 is 0. The fourth-order valence-electron chi connectivity index (χ4n) is 5.47. The van der Waals surface area contributed by atoms with Crippen molar-refractivity contribution in [3.63, 3.8) is 0 Å². The number of hydrogen-bond donors (Lipinski definition) is 1. The van der Waals surface area contributed by atoms with Crippen molar-refractivity contribution in [2.75, 3.05) is 19.8 Å². The third kappa shape index (κ3) is 4.04. The van der Waals surface area contributed by atoms with E-state index in [0.29, 0.717) is 38.5 Å². The summed E-state index contributed by atoms with van der Waals surface area (Å²) in [5, 5.41) is 10.4. The van der Waals surface area contributed by atoms with E-state index in [0.717, 1.165) is 19.3 Å². The van der Waals surface area contributed by atoms with Gasteiger partial charge in [0.25, 0.3) is 5.91 Å². The number of carbonyl (C=O) groups is 1. The highest BCUT2D eigenvalue weighted by atomic mass is 16.5. The molecule has 4 rings (SSSR count). The lowest BCUT2D eigenvalue weighted by atomic mass is 9.68. The van der Waals surface area contributed by atoms with Gasteiger partial charge in [0.05, 0.1) is 19.3 Å². The Morgan fingerprint density at radius 3 is 2.80 bits per heavy atom. The minimum absolute atomic E-state index is 0.0699. The molecule has 1 saturated heterocycles. The molecule has 1 unspecified atom stereocenters. The number of allylic oxidation sites excluding steroid dienone is 2. The van der Waals surface area contributed by atoms with E-state index < -0.39 is 11.3 Å². The molecular weight excluding hydrogens is 382 g/mol. The van der Waals surface area contributed by atoms with E-state index in [1.165, 1.54) is 32.1 Å². The minimum Gasteiger partial charge on any atom is -0.501 e. The van der Waals surface area contributed by atoms with Crippen LogP contribution in [-0.2, 0) is 17.7 Å². The Morgan fingerprint density at radius 2 is 2.03 bits per heavy atom. The van der Waals surface area contributed by atoms with Gasteiger partial charge in [-0.1, -0.05) is 31.4 Å². The maximum absolute atomic E-state index is 13.0. The van der Waals surface area contributed by atoms with Crippen LogP contribution in [0.15, 0.2) is 16.9 Å². The van der Waals surface area contributed by atoms with Crippen molar-refractivity contribution in [1.29, 1.82) is 0 Å². The van der Waals surface area contributed by atoms with Crippen molar-refractivity contribution in [2.24, 2.45) is 5.41 Å². The second-order valence-electron chi connectivity index (χ2n) is 9.04. The number of ether oxygens (including phenoxy) is 1. The maximum Gasteiger partial charge on any atom is 0.315 e. The number of amides is 1. The van der Waals surface area contributed by atoms with Gasteiger partial charge in [0, 0.05) is 19.5 Å². The number of hydrogen-bond acceptors (Lipinski definition) is 5. The molecule has 1 N–H and O–H groups in total. The predicted octanol–water partition coefficient (Wildman–Crippen LogP) is 3.04. The molecule has 1 saturated carbocycles. The van der Waals surface area contributed by atoms with E-state index in [4.69, 9.17) is 4.74 Å². The van der Waals surface area contributed by atoms with E-state index in [-0.39, 0.29) is 23.1 Å². The molecule has 30 heavy (non-hydrogen) atoms. The van der Waals surface area contributed by atoms with Crippen LogP contribution in [0, 0.1) is 5.41 Å². The Kier molecular flexibility index (Phi) is 6.27. The fraction of sp³-hybridized carbons (Fsp3) is 0.696. The monoisotopic (exact) mass is 415 g/mol. The van der Waals surface area contributed by atoms with Crippen molar-refractivity contribution >= 4 is 5.91 Å². The van der Waals surface area contributed by atoms with Gasteiger partial charge in [-0.25, -0.2) is 0 Å². The van der Waals surface area contributed by atoms with Crippen molar-refractivity contribution in [1.82, 2.24) is 14.5 Å². The average molecular weight is 416 g/mol. The molecule has 3 aliphatic rings. The van der Waals surface area contributed by atoms with Crippen LogP contribution >= 0.6 is 0 Å². The van der Waals surface area contributed by atoms with Gasteiger partial charge in [-0.2, -0.15) is 4.98 Å². The number of carbonyl (C=O) groups excluding carboxylic acids is 1. The van der Waals surface area contributed by atoms with Crippen molar-refractivity contribution in [2.45, 2.75) is 77.3 Å². The fourth-order valence-corrected chi connectivity index (χ4v) is 5.47. The van der Waals surface area contributed by atoms with E-state index in [2.05, 4.69) is 24.1 Å². The molecule has 1 aliphatic carbocycles. The van der Waals surface area contributed by atoms with Gasteiger partial charge in [-0.15, -0.1) is 0 Å². The molecular formula is C23H33N3O4. The number of aromatic nitrogens is 2. The van der Waals surface area contributed by atoms with Crippen LogP contribution in [0.4, 0.5) is 0 Å². The summed E-state index contributed by atoms with van der Waals surface area (Å²) in [7, 11) is 0. The zero-order valence-electron chi connectivity index (χ0n) is 17.9. The SMILES string of the molecule is C/C=C\CCC1(CCc2nc(=O)c(O)c3n2CC2COCCN2C3=O)CCCCC1. The summed E-state index contributed by atoms with van der Waals surface area (Å²) in [5.74, 6) is -0.176. The van der Waals surface area contributed by atoms with Crippen LogP contribution in [0.3, 0.4) is 0 Å². The van der Waals surface area contributed by atoms with Crippen molar-refractivity contribution in [3.05, 3.63) is 34.0 Å². The van der Waals surface area contributed by atoms with Crippen LogP contribution in [0.5, 0.6) is 5.75 Å². The highest BCUT2D eigenvalue weighted by molar-refractivity contribution is 5.96. The largest absolute Gasteiger partial charge is 0.501 e. The van der Waals surface area contributed by atoms with E-state index in [1.54, 1.807) is 9.47 Å². The molecule has 2 aliphatic heterocycles. The standard InChI is InChI=1S/C23H33N3O4/c1-2-3-5-9-23(10-6-4-7-11-23)12-8-18-24-21(28)20(27)19-22(29)25-13-14-30-16-17(25)15-26(18)19/h2-3,17,27H,4-16H2,1H3/b3-2-. The minimum atomic E-state index is -0.692. The Morgan fingerprint density at radius 1 is 1.23 bits per heavy atom. The Hall–Kier alpha value is -2.15. The molecule has 164 valence electrons. The first-order valence-electron chi connectivity index (χ1n) is 11.4. The zero-order valence-corrected chi connectivity index (χ0v) is 17.9. The topological polar surface area (TPSA) is 84.7 Å². The van der Waals surface area contributed by atoms with E-state index in [9.17, 15) is 14.7 Å². The van der Waals surface area contributed by atoms with Crippen LogP contribution in [0.25, 0.3) is 0 Å². The van der Waals surface area contributed by atoms with E-state index in [1.807, 2.05) is 0 Å². The predicted molar refractivity (Wildman–Crippen MR) is 114 cm³/mol. The van der Waals surface area contributed by atoms with E-state index >= 15 is 0 Å². The molecule has 1 aromatic heterocycles. The first-order chi connectivity index (χ1) is 14.5. The van der Waals surface area contributed by atoms with Crippen LogP contribution in [-0.4, -0.2) is 51.3 Å². The summed E-state index contributed by atoms with van der Waals surface area (Å²) in [6.07, 6.45) is 14.4. The number of fused-ring (bicyclic) bond motifs is 2. The molecule has 1 aromatic rings. The van der Waals surface area contributed by atoms with Crippen LogP contribution in [0.2, 0.25) is 0 Å². The second-order valence-corrected chi connectivity index (χ2v) is 9.04. The van der Waals surface area contributed by atoms with Gasteiger partial charge in [0.2, 0.25) is 5.75 Å². The Balaban J connectivity index is 1.61. The number of aryl methyl sites for hydroxylation is 1. The number of nitrogens with zero attached hydrogens (tertiary/aromatic N) is 3. The molecule has 0 bridgehead atoms. The molecule has 0 radical (unpaired) electrons. The summed E-state index contributed by atoms with van der Waals surface area (Å²) in [4.78, 5) is 31.3. The zero-order chi connectivity index (χ0) is 21.1. The quantitative estimate of drug-likeness (QED) is 0.722. The highest BCUT2D eigenvalue weighted by Crippen LogP contribution is 2.44. The molecule has 1 atom stereocenters. The first-order valence-corrected chi connectivity index (χ1v) is 11.4. The summed E-state index contributed by atoms with van der Waals surface area (Å²) < 4.78 is 7.35. The molecule has 3 heterocycles. The molecule has 0 aromatic carbocycles. The second kappa shape index (κ2) is 8.92. The molecule has 1 amide bonds. The van der Waals surface area contributed by atoms with Gasteiger partial charge >= 0.3 is 5.56 Å². The highest BCUT2D eigenvalue weighted by Gasteiger charge is 2.39. The van der Waals surface area contributed by atoms with Crippen LogP contribution < -0.4 is 5.56 Å². The molecule has 0 spiro atoms. The van der Waals surface area contributed by atoms with Crippen molar-refractivity contribution < 1.29 is 14.6 Å². The van der Waals surface area contributed by atoms with Gasteiger partial charge in [-0.05, 0) is 44.4 Å². The number of rotatable bonds is 6. The molecule has 2 fully saturated rings. The summed E-state index contributed by atoms with van der Waals surface area (Å²) in [6.45, 7) is 4.03. The normalized spacial score (nSPS) is 23.4. The Bertz CT molecular complexity index is 870. The average Bonchev–Trinajstić information content (AvgIpc) is 2.76. The van der Waals surface area contributed by atoms with Gasteiger partial charge < -0.3 is 19.3 Å². The Labute approximate surface area is 177 Å². The van der Waals surface area contributed by atoms with Crippen molar-refractivity contribution in [3.8, 4) is 5.75 Å². The number of aromatic hydroxyl groups is 1. The van der Waals surface area contributed by atoms with Gasteiger partial charge in [0.1, 0.15) is 5.82 Å². The first kappa shape index (κ1) is 21.1. The maximum atomic E-state index is 13.0. The molecule has 7 heteroatoms.